The molecule has 0 unspecified atom stereocenters. The van der Waals surface area contributed by atoms with E-state index in [4.69, 9.17) is 0 Å². The molecule has 49 heavy (non-hydrogen) atoms. The molecule has 0 atom stereocenters. The smallest absolute Gasteiger partial charge is 0.0409 e. The maximum Gasteiger partial charge on any atom is 0.0409 e. The van der Waals surface area contributed by atoms with Crippen LogP contribution in [0.3, 0.4) is 0 Å². The lowest BCUT2D eigenvalue weighted by molar-refractivity contribution is 0.395. The van der Waals surface area contributed by atoms with Crippen molar-refractivity contribution < 1.29 is 0 Å². The van der Waals surface area contributed by atoms with Crippen molar-refractivity contribution in [2.24, 2.45) is 5.92 Å². The van der Waals surface area contributed by atoms with Gasteiger partial charge in [-0.2, -0.15) is 0 Å². The van der Waals surface area contributed by atoms with Crippen LogP contribution in [0.2, 0.25) is 0 Å². The third kappa shape index (κ3) is 4.96. The Morgan fingerprint density at radius 3 is 1.08 bits per heavy atom. The lowest BCUT2D eigenvalue weighted by Gasteiger charge is -2.45. The summed E-state index contributed by atoms with van der Waals surface area (Å²) in [6, 6.07) is 59.2. The minimum atomic E-state index is -0.392. The molecule has 0 radical (unpaired) electrons. The minimum Gasteiger partial charge on any atom is -0.0764 e. The van der Waals surface area contributed by atoms with E-state index >= 15 is 0 Å². The lowest BCUT2D eigenvalue weighted by atomic mass is 9.56. The second-order valence-electron chi connectivity index (χ2n) is 14.9. The summed E-state index contributed by atoms with van der Waals surface area (Å²) in [5.74, 6) is 0.232. The van der Waals surface area contributed by atoms with Crippen LogP contribution in [0.1, 0.15) is 78.1 Å². The fraction of sp³-hybridized carbons (Fsp3) is 0.184. The van der Waals surface area contributed by atoms with Gasteiger partial charge in [-0.3, -0.25) is 0 Å². The van der Waals surface area contributed by atoms with E-state index in [0.717, 1.165) is 0 Å². The molecule has 0 N–H and O–H groups in total. The van der Waals surface area contributed by atoms with Gasteiger partial charge in [-0.25, -0.2) is 0 Å². The van der Waals surface area contributed by atoms with Gasteiger partial charge in [0.2, 0.25) is 0 Å². The lowest BCUT2D eigenvalue weighted by Crippen LogP contribution is -2.41. The normalized spacial score (nSPS) is 14.6. The van der Waals surface area contributed by atoms with Crippen molar-refractivity contribution in [3.63, 3.8) is 0 Å². The third-order valence-corrected chi connectivity index (χ3v) is 11.7. The monoisotopic (exact) mass is 632 g/mol. The van der Waals surface area contributed by atoms with E-state index in [-0.39, 0.29) is 22.7 Å². The van der Waals surface area contributed by atoms with Crippen molar-refractivity contribution in [3.8, 4) is 11.1 Å². The van der Waals surface area contributed by atoms with Crippen LogP contribution in [-0.2, 0) is 16.2 Å². The van der Waals surface area contributed by atoms with E-state index < -0.39 is 5.41 Å². The zero-order valence-corrected chi connectivity index (χ0v) is 29.0. The summed E-state index contributed by atoms with van der Waals surface area (Å²) in [6.45, 7) is 9.47. The molecule has 0 fully saturated rings. The van der Waals surface area contributed by atoms with Crippen molar-refractivity contribution in [2.75, 3.05) is 0 Å². The molecule has 6 aromatic carbocycles. The number of rotatable bonds is 8. The van der Waals surface area contributed by atoms with Crippen LogP contribution in [0.15, 0.2) is 182 Å². The third-order valence-electron chi connectivity index (χ3n) is 11.7. The first-order valence-corrected chi connectivity index (χ1v) is 17.7. The summed E-state index contributed by atoms with van der Waals surface area (Å²) in [6.07, 6.45) is 9.33. The Labute approximate surface area is 292 Å². The highest BCUT2D eigenvalue weighted by atomic mass is 14.5. The first kappa shape index (κ1) is 31.1. The molecule has 240 valence electrons. The molecule has 0 heteroatoms. The molecule has 2 aliphatic rings. The zero-order valence-electron chi connectivity index (χ0n) is 29.0. The maximum absolute atomic E-state index is 2.55. The summed E-state index contributed by atoms with van der Waals surface area (Å²) in [4.78, 5) is 0. The Balaban J connectivity index is 1.45. The molecular formula is C49H44. The predicted octanol–water partition coefficient (Wildman–Crippen LogP) is 12.2. The fourth-order valence-electron chi connectivity index (χ4n) is 8.81. The molecule has 0 spiro atoms. The standard InChI is InChI=1S/C49H44/c1-47(2,35-19-9-5-10-20-35)40-29-31-42-43-32-30-41(48(3,4)36-21-11-6-12-22-36)34-45(43)46(44(42)33-40)49(39-27-17-18-28-39,37-23-13-7-14-24-37)38-25-15-8-16-26-38/h5-34,39,46H,1-4H3. The van der Waals surface area contributed by atoms with E-state index in [1.165, 1.54) is 55.6 Å². The van der Waals surface area contributed by atoms with Crippen molar-refractivity contribution in [3.05, 3.63) is 227 Å². The Bertz CT molecular complexity index is 2000. The van der Waals surface area contributed by atoms with Gasteiger partial charge in [-0.1, -0.05) is 210 Å². The van der Waals surface area contributed by atoms with Gasteiger partial charge in [0.1, 0.15) is 0 Å². The van der Waals surface area contributed by atoms with Crippen molar-refractivity contribution in [1.29, 1.82) is 0 Å². The van der Waals surface area contributed by atoms with Gasteiger partial charge in [-0.15, -0.1) is 0 Å². The fourth-order valence-corrected chi connectivity index (χ4v) is 8.81. The average Bonchev–Trinajstić information content (AvgIpc) is 3.81. The van der Waals surface area contributed by atoms with Gasteiger partial charge < -0.3 is 0 Å². The van der Waals surface area contributed by atoms with E-state index in [0.29, 0.717) is 0 Å². The first-order chi connectivity index (χ1) is 23.8. The van der Waals surface area contributed by atoms with Crippen molar-refractivity contribution in [2.45, 2.75) is 49.9 Å². The minimum absolute atomic E-state index is 0.0674. The largest absolute Gasteiger partial charge is 0.0764 e. The summed E-state index contributed by atoms with van der Waals surface area (Å²) in [5, 5.41) is 0. The first-order valence-electron chi connectivity index (χ1n) is 17.7. The molecule has 8 rings (SSSR count). The number of allylic oxidation sites excluding steroid dienone is 4. The van der Waals surface area contributed by atoms with Gasteiger partial charge in [0.15, 0.2) is 0 Å². The summed E-state index contributed by atoms with van der Waals surface area (Å²) >= 11 is 0. The van der Waals surface area contributed by atoms with Crippen LogP contribution in [0.5, 0.6) is 0 Å². The van der Waals surface area contributed by atoms with Crippen LogP contribution < -0.4 is 0 Å². The number of benzene rings is 6. The molecule has 0 heterocycles. The highest BCUT2D eigenvalue weighted by molar-refractivity contribution is 5.82. The van der Waals surface area contributed by atoms with Crippen LogP contribution >= 0.6 is 0 Å². The highest BCUT2D eigenvalue weighted by Gasteiger charge is 2.52. The average molecular weight is 633 g/mol. The van der Waals surface area contributed by atoms with Crippen LogP contribution in [0.25, 0.3) is 11.1 Å². The molecule has 0 amide bonds. The van der Waals surface area contributed by atoms with Crippen LogP contribution in [0, 0.1) is 5.92 Å². The Kier molecular flexibility index (Phi) is 7.64. The van der Waals surface area contributed by atoms with Crippen molar-refractivity contribution in [1.82, 2.24) is 0 Å². The topological polar surface area (TPSA) is 0 Å². The molecule has 0 bridgehead atoms. The molecule has 0 nitrogen and oxygen atoms in total. The van der Waals surface area contributed by atoms with Gasteiger partial charge in [0.05, 0.1) is 0 Å². The van der Waals surface area contributed by atoms with Crippen molar-refractivity contribution >= 4 is 0 Å². The second-order valence-corrected chi connectivity index (χ2v) is 14.9. The molecule has 0 aliphatic heterocycles. The summed E-state index contributed by atoms with van der Waals surface area (Å²) in [5.41, 5.74) is 12.8. The number of fused-ring (bicyclic) bond motifs is 3. The Morgan fingerprint density at radius 1 is 0.367 bits per heavy atom. The SMILES string of the molecule is CC(C)(c1ccccc1)c1ccc2c(c1)C(C(c1ccccc1)(c1ccccc1)C1C=CC=C1)c1cc(C(C)(C)c3ccccc3)ccc1-2. The van der Waals surface area contributed by atoms with Crippen LogP contribution in [-0.4, -0.2) is 0 Å². The van der Waals surface area contributed by atoms with E-state index in [2.05, 4.69) is 210 Å². The Hall–Kier alpha value is -5.20. The summed E-state index contributed by atoms with van der Waals surface area (Å²) < 4.78 is 0. The summed E-state index contributed by atoms with van der Waals surface area (Å²) in [7, 11) is 0. The predicted molar refractivity (Wildman–Crippen MR) is 206 cm³/mol. The van der Waals surface area contributed by atoms with E-state index in [9.17, 15) is 0 Å². The Morgan fingerprint density at radius 2 is 0.714 bits per heavy atom. The van der Waals surface area contributed by atoms with Gasteiger partial charge >= 0.3 is 0 Å². The van der Waals surface area contributed by atoms with Gasteiger partial charge in [0.25, 0.3) is 0 Å². The van der Waals surface area contributed by atoms with Gasteiger partial charge in [-0.05, 0) is 55.6 Å². The second kappa shape index (κ2) is 12.0. The van der Waals surface area contributed by atoms with E-state index in [1.807, 2.05) is 0 Å². The number of hydrogen-bond acceptors (Lipinski definition) is 0. The maximum atomic E-state index is 2.55. The van der Waals surface area contributed by atoms with E-state index in [1.54, 1.807) is 0 Å². The van der Waals surface area contributed by atoms with Gasteiger partial charge in [0, 0.05) is 28.1 Å². The quantitative estimate of drug-likeness (QED) is 0.157. The molecular weight excluding hydrogens is 589 g/mol. The molecule has 0 saturated heterocycles. The molecule has 2 aliphatic carbocycles. The molecule has 6 aromatic rings. The highest BCUT2D eigenvalue weighted by Crippen LogP contribution is 2.61. The molecule has 0 saturated carbocycles. The molecule has 0 aromatic heterocycles. The number of hydrogen-bond donors (Lipinski definition) is 0. The van der Waals surface area contributed by atoms with Crippen LogP contribution in [0.4, 0.5) is 0 Å². The zero-order chi connectivity index (χ0) is 33.6.